The summed E-state index contributed by atoms with van der Waals surface area (Å²) in [5.41, 5.74) is 2.42. The van der Waals surface area contributed by atoms with E-state index in [0.717, 1.165) is 14.9 Å². The molecule has 0 aliphatic carbocycles. The molecular weight excluding hydrogens is 626 g/mol. The van der Waals surface area contributed by atoms with Crippen LogP contribution in [-0.2, 0) is 9.59 Å². The Bertz CT molecular complexity index is 1740. The van der Waals surface area contributed by atoms with Gasteiger partial charge in [-0.05, 0) is 76.1 Å². The lowest BCUT2D eigenvalue weighted by atomic mass is 10.1. The number of amides is 3. The summed E-state index contributed by atoms with van der Waals surface area (Å²) in [7, 11) is 0. The van der Waals surface area contributed by atoms with E-state index in [-0.39, 0.29) is 11.6 Å². The summed E-state index contributed by atoms with van der Waals surface area (Å²) >= 11 is 4.85. The fourth-order valence-corrected chi connectivity index (χ4v) is 5.57. The average Bonchev–Trinajstić information content (AvgIpc) is 3.55. The van der Waals surface area contributed by atoms with Crippen LogP contribution in [0.2, 0.25) is 0 Å². The van der Waals surface area contributed by atoms with Crippen molar-refractivity contribution in [1.29, 1.82) is 0 Å². The first kappa shape index (κ1) is 29.6. The second-order valence-electron chi connectivity index (χ2n) is 9.25. The molecule has 0 radical (unpaired) electrons. The summed E-state index contributed by atoms with van der Waals surface area (Å²) in [5.74, 6) is -0.747. The third-order valence-corrected chi connectivity index (χ3v) is 8.12. The molecule has 214 valence electrons. The fourth-order valence-electron chi connectivity index (χ4n) is 4.10. The van der Waals surface area contributed by atoms with Gasteiger partial charge in [-0.25, -0.2) is 0 Å². The van der Waals surface area contributed by atoms with Gasteiger partial charge in [0, 0.05) is 26.7 Å². The van der Waals surface area contributed by atoms with Crippen LogP contribution in [0.5, 0.6) is 0 Å². The molecule has 0 aliphatic heterocycles. The van der Waals surface area contributed by atoms with Crippen LogP contribution in [0.1, 0.15) is 26.9 Å². The molecule has 0 bridgehead atoms. The average molecular weight is 653 g/mol. The topological polar surface area (TPSA) is 100 Å². The highest BCUT2D eigenvalue weighted by molar-refractivity contribution is 9.10. The van der Waals surface area contributed by atoms with E-state index in [1.165, 1.54) is 24.1 Å². The first-order valence-corrected chi connectivity index (χ1v) is 14.9. The van der Waals surface area contributed by atoms with E-state index >= 15 is 0 Å². The minimum Gasteiger partial charge on any atom is -0.465 e. The number of carbonyl (C=O) groups excluding carboxylic acids is 3. The van der Waals surface area contributed by atoms with E-state index in [9.17, 15) is 14.4 Å². The van der Waals surface area contributed by atoms with Crippen molar-refractivity contribution >= 4 is 62.9 Å². The van der Waals surface area contributed by atoms with Gasteiger partial charge in [-0.15, -0.1) is 11.8 Å². The Morgan fingerprint density at radius 2 is 1.49 bits per heavy atom. The van der Waals surface area contributed by atoms with E-state index in [0.29, 0.717) is 22.7 Å². The Labute approximate surface area is 261 Å². The maximum absolute atomic E-state index is 13.5. The monoisotopic (exact) mass is 651 g/mol. The largest absolute Gasteiger partial charge is 0.465 e. The van der Waals surface area contributed by atoms with Crippen LogP contribution in [-0.4, -0.2) is 17.7 Å². The SMILES string of the molecule is O=C(Nc1cccc(SC(C(=O)Nc2ccccc2Br)c2ccccc2)c1)/C(=C/c1ccco1)NC(=O)c1ccccc1. The van der Waals surface area contributed by atoms with Crippen molar-refractivity contribution in [3.8, 4) is 0 Å². The van der Waals surface area contributed by atoms with E-state index in [2.05, 4.69) is 31.9 Å². The number of hydrogen-bond donors (Lipinski definition) is 3. The summed E-state index contributed by atoms with van der Waals surface area (Å²) in [6, 6.07) is 36.1. The predicted octanol–water partition coefficient (Wildman–Crippen LogP) is 7.92. The van der Waals surface area contributed by atoms with Crippen LogP contribution in [0.4, 0.5) is 11.4 Å². The fraction of sp³-hybridized carbons (Fsp3) is 0.0294. The van der Waals surface area contributed by atoms with Gasteiger partial charge in [0.25, 0.3) is 11.8 Å². The standard InChI is InChI=1S/C34H26BrN3O4S/c35-28-18-7-8-19-29(28)37-34(41)31(23-11-3-1-4-12-23)43-27-17-9-15-25(21-27)36-33(40)30(22-26-16-10-20-42-26)38-32(39)24-13-5-2-6-14-24/h1-22,31H,(H,36,40)(H,37,41)(H,38,39)/b30-22-. The molecule has 1 unspecified atom stereocenters. The Kier molecular flexibility index (Phi) is 9.89. The molecule has 0 fully saturated rings. The quantitative estimate of drug-likeness (QED) is 0.105. The zero-order valence-corrected chi connectivity index (χ0v) is 25.1. The number of hydrogen-bond acceptors (Lipinski definition) is 5. The molecule has 3 N–H and O–H groups in total. The van der Waals surface area contributed by atoms with Crippen molar-refractivity contribution in [1.82, 2.24) is 5.32 Å². The number of rotatable bonds is 10. The molecule has 0 saturated carbocycles. The first-order chi connectivity index (χ1) is 21.0. The zero-order chi connectivity index (χ0) is 30.0. The number of halogens is 1. The molecule has 0 spiro atoms. The molecule has 1 aromatic heterocycles. The molecule has 43 heavy (non-hydrogen) atoms. The molecule has 4 aromatic carbocycles. The molecular formula is C34H26BrN3O4S. The lowest BCUT2D eigenvalue weighted by Crippen LogP contribution is -2.30. The summed E-state index contributed by atoms with van der Waals surface area (Å²) in [5, 5.41) is 7.99. The van der Waals surface area contributed by atoms with Gasteiger partial charge in [0.1, 0.15) is 16.7 Å². The van der Waals surface area contributed by atoms with E-state index < -0.39 is 17.1 Å². The number of thioether (sulfide) groups is 1. The third-order valence-electron chi connectivity index (χ3n) is 6.18. The molecule has 1 heterocycles. The smallest absolute Gasteiger partial charge is 0.272 e. The molecule has 3 amide bonds. The van der Waals surface area contributed by atoms with Gasteiger partial charge in [0.2, 0.25) is 5.91 Å². The van der Waals surface area contributed by atoms with Crippen LogP contribution in [0.15, 0.2) is 147 Å². The second kappa shape index (κ2) is 14.4. The van der Waals surface area contributed by atoms with Crippen LogP contribution < -0.4 is 16.0 Å². The van der Waals surface area contributed by atoms with Crippen molar-refractivity contribution in [3.63, 3.8) is 0 Å². The molecule has 9 heteroatoms. The van der Waals surface area contributed by atoms with Gasteiger partial charge >= 0.3 is 0 Å². The second-order valence-corrected chi connectivity index (χ2v) is 11.3. The maximum Gasteiger partial charge on any atom is 0.272 e. The van der Waals surface area contributed by atoms with E-state index in [1.54, 1.807) is 60.7 Å². The normalized spacial score (nSPS) is 11.8. The van der Waals surface area contributed by atoms with Crippen LogP contribution in [0.25, 0.3) is 6.08 Å². The lowest BCUT2D eigenvalue weighted by Gasteiger charge is -2.18. The number of furan rings is 1. The maximum atomic E-state index is 13.5. The van der Waals surface area contributed by atoms with Crippen molar-refractivity contribution < 1.29 is 18.8 Å². The Balaban J connectivity index is 1.36. The molecule has 5 rings (SSSR count). The highest BCUT2D eigenvalue weighted by Crippen LogP contribution is 2.37. The first-order valence-electron chi connectivity index (χ1n) is 13.3. The molecule has 1 atom stereocenters. The summed E-state index contributed by atoms with van der Waals surface area (Å²) < 4.78 is 6.16. The number of carbonyl (C=O) groups is 3. The summed E-state index contributed by atoms with van der Waals surface area (Å²) in [6.45, 7) is 0. The van der Waals surface area contributed by atoms with Gasteiger partial charge < -0.3 is 20.4 Å². The van der Waals surface area contributed by atoms with Crippen molar-refractivity contribution in [3.05, 3.63) is 155 Å². The zero-order valence-electron chi connectivity index (χ0n) is 22.7. The number of para-hydroxylation sites is 1. The highest BCUT2D eigenvalue weighted by atomic mass is 79.9. The highest BCUT2D eigenvalue weighted by Gasteiger charge is 2.23. The van der Waals surface area contributed by atoms with Crippen molar-refractivity contribution in [2.24, 2.45) is 0 Å². The Hall–Kier alpha value is -4.86. The number of anilines is 2. The van der Waals surface area contributed by atoms with Gasteiger partial charge in [-0.3, -0.25) is 14.4 Å². The van der Waals surface area contributed by atoms with Gasteiger partial charge in [0.15, 0.2) is 0 Å². The Morgan fingerprint density at radius 3 is 2.21 bits per heavy atom. The minimum absolute atomic E-state index is 0.0110. The van der Waals surface area contributed by atoms with Gasteiger partial charge in [-0.2, -0.15) is 0 Å². The van der Waals surface area contributed by atoms with Crippen LogP contribution in [0.3, 0.4) is 0 Å². The summed E-state index contributed by atoms with van der Waals surface area (Å²) in [6.07, 6.45) is 2.95. The van der Waals surface area contributed by atoms with E-state index in [1.807, 2.05) is 60.7 Å². The van der Waals surface area contributed by atoms with Crippen LogP contribution in [0, 0.1) is 0 Å². The van der Waals surface area contributed by atoms with Gasteiger partial charge in [-0.1, -0.05) is 66.7 Å². The van der Waals surface area contributed by atoms with Crippen molar-refractivity contribution in [2.75, 3.05) is 10.6 Å². The number of nitrogens with one attached hydrogen (secondary N) is 3. The predicted molar refractivity (Wildman–Crippen MR) is 173 cm³/mol. The molecule has 5 aromatic rings. The molecule has 0 aliphatic rings. The van der Waals surface area contributed by atoms with Gasteiger partial charge in [0.05, 0.1) is 12.0 Å². The molecule has 0 saturated heterocycles. The lowest BCUT2D eigenvalue weighted by molar-refractivity contribution is -0.116. The molecule has 7 nitrogen and oxygen atoms in total. The number of benzene rings is 4. The summed E-state index contributed by atoms with van der Waals surface area (Å²) in [4.78, 5) is 40.5. The third kappa shape index (κ3) is 8.12. The minimum atomic E-state index is -0.571. The van der Waals surface area contributed by atoms with E-state index in [4.69, 9.17) is 4.42 Å². The Morgan fingerprint density at radius 1 is 0.767 bits per heavy atom. The van der Waals surface area contributed by atoms with Crippen LogP contribution >= 0.6 is 27.7 Å². The van der Waals surface area contributed by atoms with Crippen molar-refractivity contribution in [2.45, 2.75) is 10.1 Å².